The Morgan fingerprint density at radius 1 is 1.53 bits per heavy atom. The largest absolute Gasteiger partial charge is 0.482 e. The zero-order valence-electron chi connectivity index (χ0n) is 8.16. The fourth-order valence-corrected chi connectivity index (χ4v) is 2.55. The van der Waals surface area contributed by atoms with Crippen molar-refractivity contribution in [2.45, 2.75) is 18.1 Å². The summed E-state index contributed by atoms with van der Waals surface area (Å²) < 4.78 is 5.85. The van der Waals surface area contributed by atoms with Gasteiger partial charge in [0.1, 0.15) is 11.9 Å². The van der Waals surface area contributed by atoms with Gasteiger partial charge < -0.3 is 15.2 Å². The monoisotopic (exact) mass is 225 g/mol. The second kappa shape index (κ2) is 3.11. The van der Waals surface area contributed by atoms with Crippen molar-refractivity contribution in [3.05, 3.63) is 28.8 Å². The van der Waals surface area contributed by atoms with Gasteiger partial charge in [0.25, 0.3) is 0 Å². The van der Waals surface area contributed by atoms with Gasteiger partial charge in [-0.05, 0) is 18.7 Å². The Bertz CT molecular complexity index is 402. The van der Waals surface area contributed by atoms with Crippen LogP contribution in [0.15, 0.2) is 18.2 Å². The van der Waals surface area contributed by atoms with E-state index in [0.717, 1.165) is 24.3 Å². The van der Waals surface area contributed by atoms with E-state index in [9.17, 15) is 5.11 Å². The molecule has 0 saturated carbocycles. The van der Waals surface area contributed by atoms with E-state index in [-0.39, 0.29) is 0 Å². The van der Waals surface area contributed by atoms with Crippen LogP contribution in [0.2, 0.25) is 5.02 Å². The highest BCUT2D eigenvalue weighted by Gasteiger charge is 2.49. The minimum Gasteiger partial charge on any atom is -0.482 e. The lowest BCUT2D eigenvalue weighted by Gasteiger charge is -2.25. The number of hydrogen-bond donors (Lipinski definition) is 2. The number of ether oxygens (including phenoxy) is 1. The molecule has 1 saturated heterocycles. The molecule has 2 aliphatic heterocycles. The topological polar surface area (TPSA) is 41.5 Å². The molecule has 4 heteroatoms. The van der Waals surface area contributed by atoms with Crippen molar-refractivity contribution in [2.75, 3.05) is 13.1 Å². The molecule has 0 bridgehead atoms. The van der Waals surface area contributed by atoms with E-state index in [1.165, 1.54) is 0 Å². The van der Waals surface area contributed by atoms with Gasteiger partial charge in [-0.25, -0.2) is 0 Å². The smallest absolute Gasteiger partial charge is 0.152 e. The van der Waals surface area contributed by atoms with Crippen molar-refractivity contribution in [3.8, 4) is 5.75 Å². The first kappa shape index (κ1) is 9.46. The SMILES string of the molecule is OC1c2ccc(Cl)cc2OC12CCNC2. The highest BCUT2D eigenvalue weighted by Crippen LogP contribution is 2.46. The van der Waals surface area contributed by atoms with Crippen molar-refractivity contribution < 1.29 is 9.84 Å². The van der Waals surface area contributed by atoms with Crippen LogP contribution in [0.1, 0.15) is 18.1 Å². The fraction of sp³-hybridized carbons (Fsp3) is 0.455. The van der Waals surface area contributed by atoms with Crippen LogP contribution in [0.25, 0.3) is 0 Å². The van der Waals surface area contributed by atoms with Gasteiger partial charge in [-0.3, -0.25) is 0 Å². The highest BCUT2D eigenvalue weighted by molar-refractivity contribution is 6.30. The lowest BCUT2D eigenvalue weighted by Crippen LogP contribution is -2.40. The molecule has 15 heavy (non-hydrogen) atoms. The number of aliphatic hydroxyl groups excluding tert-OH is 1. The van der Waals surface area contributed by atoms with Crippen LogP contribution in [0.3, 0.4) is 0 Å². The van der Waals surface area contributed by atoms with E-state index in [1.807, 2.05) is 6.07 Å². The maximum absolute atomic E-state index is 10.2. The molecule has 2 aliphatic rings. The molecule has 80 valence electrons. The van der Waals surface area contributed by atoms with Gasteiger partial charge in [0.05, 0.1) is 0 Å². The molecule has 0 radical (unpaired) electrons. The number of hydrogen-bond acceptors (Lipinski definition) is 3. The summed E-state index contributed by atoms with van der Waals surface area (Å²) in [7, 11) is 0. The molecule has 2 unspecified atom stereocenters. The molecule has 2 atom stereocenters. The van der Waals surface area contributed by atoms with E-state index in [4.69, 9.17) is 16.3 Å². The Hall–Kier alpha value is -0.770. The second-order valence-electron chi connectivity index (χ2n) is 4.18. The zero-order valence-corrected chi connectivity index (χ0v) is 8.92. The molecular weight excluding hydrogens is 214 g/mol. The van der Waals surface area contributed by atoms with Crippen molar-refractivity contribution >= 4 is 11.6 Å². The predicted molar refractivity (Wildman–Crippen MR) is 57.3 cm³/mol. The summed E-state index contributed by atoms with van der Waals surface area (Å²) in [4.78, 5) is 0. The van der Waals surface area contributed by atoms with Crippen LogP contribution in [-0.4, -0.2) is 23.8 Å². The first-order valence-corrected chi connectivity index (χ1v) is 5.46. The lowest BCUT2D eigenvalue weighted by atomic mass is 9.93. The van der Waals surface area contributed by atoms with Crippen molar-refractivity contribution in [3.63, 3.8) is 0 Å². The number of aliphatic hydroxyl groups is 1. The summed E-state index contributed by atoms with van der Waals surface area (Å²) in [5.74, 6) is 0.721. The van der Waals surface area contributed by atoms with Gasteiger partial charge in [0.2, 0.25) is 0 Å². The zero-order chi connectivity index (χ0) is 10.5. The van der Waals surface area contributed by atoms with Crippen LogP contribution < -0.4 is 10.1 Å². The van der Waals surface area contributed by atoms with Crippen molar-refractivity contribution in [1.82, 2.24) is 5.32 Å². The third kappa shape index (κ3) is 1.27. The van der Waals surface area contributed by atoms with Crippen LogP contribution in [0, 0.1) is 0 Å². The number of benzene rings is 1. The first-order valence-electron chi connectivity index (χ1n) is 5.09. The van der Waals surface area contributed by atoms with Gasteiger partial charge in [0.15, 0.2) is 5.60 Å². The van der Waals surface area contributed by atoms with Crippen molar-refractivity contribution in [1.29, 1.82) is 0 Å². The fourth-order valence-electron chi connectivity index (χ4n) is 2.39. The molecule has 1 fully saturated rings. The Labute approximate surface area is 93.0 Å². The van der Waals surface area contributed by atoms with Crippen LogP contribution in [0.4, 0.5) is 0 Å². The molecular formula is C11H12ClNO2. The predicted octanol–water partition coefficient (Wildman–Crippen LogP) is 1.50. The van der Waals surface area contributed by atoms with Crippen molar-refractivity contribution in [2.24, 2.45) is 0 Å². The minimum absolute atomic E-state index is 0.465. The van der Waals surface area contributed by atoms with Gasteiger partial charge in [-0.15, -0.1) is 0 Å². The quantitative estimate of drug-likeness (QED) is 0.703. The minimum atomic E-state index is -0.542. The maximum atomic E-state index is 10.2. The van der Waals surface area contributed by atoms with Crippen LogP contribution >= 0.6 is 11.6 Å². The van der Waals surface area contributed by atoms with Gasteiger partial charge in [-0.2, -0.15) is 0 Å². The second-order valence-corrected chi connectivity index (χ2v) is 4.61. The third-order valence-corrected chi connectivity index (χ3v) is 3.47. The van der Waals surface area contributed by atoms with E-state index < -0.39 is 11.7 Å². The van der Waals surface area contributed by atoms with E-state index >= 15 is 0 Å². The summed E-state index contributed by atoms with van der Waals surface area (Å²) in [5, 5.41) is 14.1. The molecule has 0 aromatic heterocycles. The first-order chi connectivity index (χ1) is 7.21. The molecule has 1 spiro atoms. The molecule has 0 amide bonds. The normalized spacial score (nSPS) is 33.1. The summed E-state index contributed by atoms with van der Waals surface area (Å²) in [6, 6.07) is 5.40. The number of rotatable bonds is 0. The van der Waals surface area contributed by atoms with E-state index in [0.29, 0.717) is 11.6 Å². The molecule has 0 aliphatic carbocycles. The Kier molecular flexibility index (Phi) is 1.96. The number of halogens is 1. The molecule has 3 nitrogen and oxygen atoms in total. The molecule has 1 aromatic rings. The van der Waals surface area contributed by atoms with Crippen LogP contribution in [0.5, 0.6) is 5.75 Å². The molecule has 2 N–H and O–H groups in total. The maximum Gasteiger partial charge on any atom is 0.152 e. The van der Waals surface area contributed by atoms with Crippen LogP contribution in [-0.2, 0) is 0 Å². The van der Waals surface area contributed by atoms with Gasteiger partial charge >= 0.3 is 0 Å². The lowest BCUT2D eigenvalue weighted by molar-refractivity contribution is -0.0126. The molecule has 1 aromatic carbocycles. The number of fused-ring (bicyclic) bond motifs is 1. The third-order valence-electron chi connectivity index (χ3n) is 3.23. The summed E-state index contributed by atoms with van der Waals surface area (Å²) >= 11 is 5.89. The Balaban J connectivity index is 2.04. The van der Waals surface area contributed by atoms with E-state index in [1.54, 1.807) is 12.1 Å². The van der Waals surface area contributed by atoms with Gasteiger partial charge in [-0.1, -0.05) is 17.7 Å². The Morgan fingerprint density at radius 2 is 2.40 bits per heavy atom. The highest BCUT2D eigenvalue weighted by atomic mass is 35.5. The average Bonchev–Trinajstić information content (AvgIpc) is 2.76. The molecule has 2 heterocycles. The average molecular weight is 226 g/mol. The Morgan fingerprint density at radius 3 is 3.13 bits per heavy atom. The molecule has 3 rings (SSSR count). The standard InChI is InChI=1S/C11H12ClNO2/c12-7-1-2-8-9(5-7)15-11(10(8)14)3-4-13-6-11/h1-2,5,10,13-14H,3-4,6H2. The summed E-state index contributed by atoms with van der Waals surface area (Å²) in [6.07, 6.45) is 0.292. The van der Waals surface area contributed by atoms with Gasteiger partial charge in [0, 0.05) is 23.6 Å². The summed E-state index contributed by atoms with van der Waals surface area (Å²) in [6.45, 7) is 1.58. The summed E-state index contributed by atoms with van der Waals surface area (Å²) in [5.41, 5.74) is 0.385. The van der Waals surface area contributed by atoms with E-state index in [2.05, 4.69) is 5.32 Å². The number of nitrogens with one attached hydrogen (secondary N) is 1.